The maximum atomic E-state index is 13.3. The van der Waals surface area contributed by atoms with Crippen LogP contribution in [0, 0.1) is 5.92 Å². The van der Waals surface area contributed by atoms with E-state index in [1.807, 2.05) is 0 Å². The van der Waals surface area contributed by atoms with E-state index in [-0.39, 0.29) is 18.1 Å². The molecule has 14 heavy (non-hydrogen) atoms. The summed E-state index contributed by atoms with van der Waals surface area (Å²) in [5.74, 6) is -0.687. The number of halogens is 1. The van der Waals surface area contributed by atoms with Gasteiger partial charge in [0.15, 0.2) is 6.17 Å². The van der Waals surface area contributed by atoms with Gasteiger partial charge in [-0.1, -0.05) is 0 Å². The topological polar surface area (TPSA) is 61.4 Å². The van der Waals surface area contributed by atoms with Crippen LogP contribution in [0.25, 0.3) is 0 Å². The number of alkyl halides is 1. The second-order valence-electron chi connectivity index (χ2n) is 4.15. The molecule has 1 aliphatic carbocycles. The minimum atomic E-state index is -1.39. The number of hydrogen-bond donors (Lipinski definition) is 3. The van der Waals surface area contributed by atoms with Crippen molar-refractivity contribution in [3.8, 4) is 0 Å². The van der Waals surface area contributed by atoms with Crippen LogP contribution in [0.5, 0.6) is 0 Å². The van der Waals surface area contributed by atoms with Gasteiger partial charge in [-0.05, 0) is 12.8 Å². The smallest absolute Gasteiger partial charge is 0.255 e. The lowest BCUT2D eigenvalue weighted by Crippen LogP contribution is -2.55. The zero-order chi connectivity index (χ0) is 10.1. The molecule has 1 unspecified atom stereocenters. The van der Waals surface area contributed by atoms with Crippen molar-refractivity contribution in [1.29, 1.82) is 0 Å². The van der Waals surface area contributed by atoms with E-state index in [4.69, 9.17) is 5.11 Å². The fraction of sp³-hybridized carbons (Fsp3) is 0.889. The molecular weight excluding hydrogens is 187 g/mol. The molecule has 0 aromatic rings. The van der Waals surface area contributed by atoms with Crippen molar-refractivity contribution in [3.05, 3.63) is 0 Å². The minimum absolute atomic E-state index is 0.0243. The van der Waals surface area contributed by atoms with Crippen LogP contribution in [0.15, 0.2) is 0 Å². The molecule has 3 N–H and O–H groups in total. The van der Waals surface area contributed by atoms with Crippen molar-refractivity contribution in [2.45, 2.75) is 31.2 Å². The molecule has 1 aliphatic heterocycles. The van der Waals surface area contributed by atoms with Crippen LogP contribution in [0.1, 0.15) is 12.8 Å². The molecule has 80 valence electrons. The quantitative estimate of drug-likeness (QED) is 0.560. The summed E-state index contributed by atoms with van der Waals surface area (Å²) in [4.78, 5) is 11.3. The van der Waals surface area contributed by atoms with E-state index in [1.54, 1.807) is 0 Å². The normalized spacial score (nSPS) is 34.1. The lowest BCUT2D eigenvalue weighted by Gasteiger charge is -2.34. The third-order valence-corrected chi connectivity index (χ3v) is 2.94. The molecule has 1 saturated heterocycles. The number of nitrogens with one attached hydrogen (secondary N) is 2. The molecule has 1 heterocycles. The van der Waals surface area contributed by atoms with Crippen LogP contribution < -0.4 is 10.6 Å². The van der Waals surface area contributed by atoms with E-state index in [2.05, 4.69) is 10.6 Å². The molecule has 0 radical (unpaired) electrons. The second kappa shape index (κ2) is 3.82. The number of rotatable bonds is 3. The van der Waals surface area contributed by atoms with Gasteiger partial charge in [-0.3, -0.25) is 4.79 Å². The van der Waals surface area contributed by atoms with Gasteiger partial charge in [0, 0.05) is 25.0 Å². The molecule has 1 atom stereocenters. The summed E-state index contributed by atoms with van der Waals surface area (Å²) in [7, 11) is 0. The zero-order valence-electron chi connectivity index (χ0n) is 7.87. The molecular formula is C9H15FN2O2. The predicted octanol–water partition coefficient (Wildman–Crippen LogP) is -0.817. The van der Waals surface area contributed by atoms with Gasteiger partial charge in [0.05, 0.1) is 6.10 Å². The van der Waals surface area contributed by atoms with E-state index in [0.717, 1.165) is 0 Å². The van der Waals surface area contributed by atoms with Crippen molar-refractivity contribution in [1.82, 2.24) is 10.6 Å². The Morgan fingerprint density at radius 3 is 2.57 bits per heavy atom. The fourth-order valence-corrected chi connectivity index (χ4v) is 1.72. The van der Waals surface area contributed by atoms with E-state index in [1.165, 1.54) is 0 Å². The molecule has 1 saturated carbocycles. The summed E-state index contributed by atoms with van der Waals surface area (Å²) in [6.07, 6.45) is -0.597. The van der Waals surface area contributed by atoms with Crippen LogP contribution in [0.3, 0.4) is 0 Å². The minimum Gasteiger partial charge on any atom is -0.393 e. The Morgan fingerprint density at radius 2 is 2.14 bits per heavy atom. The lowest BCUT2D eigenvalue weighted by atomic mass is 9.88. The lowest BCUT2D eigenvalue weighted by molar-refractivity contribution is -0.130. The molecule has 4 nitrogen and oxygen atoms in total. The number of hydrogen-bond acceptors (Lipinski definition) is 3. The molecule has 2 aliphatic rings. The first-order chi connectivity index (χ1) is 6.66. The van der Waals surface area contributed by atoms with Gasteiger partial charge in [0.2, 0.25) is 0 Å². The third-order valence-electron chi connectivity index (χ3n) is 2.94. The average molecular weight is 202 g/mol. The maximum absolute atomic E-state index is 13.3. The fourth-order valence-electron chi connectivity index (χ4n) is 1.72. The Bertz CT molecular complexity index is 227. The highest BCUT2D eigenvalue weighted by molar-refractivity contribution is 5.81. The van der Waals surface area contributed by atoms with Crippen LogP contribution in [0.2, 0.25) is 0 Å². The highest BCUT2D eigenvalue weighted by Gasteiger charge is 2.35. The number of aliphatic hydroxyl groups is 1. The summed E-state index contributed by atoms with van der Waals surface area (Å²) >= 11 is 0. The Kier molecular flexibility index (Phi) is 2.69. The first kappa shape index (κ1) is 9.86. The number of carbonyl (C=O) groups is 1. The van der Waals surface area contributed by atoms with Gasteiger partial charge in [0.1, 0.15) is 0 Å². The van der Waals surface area contributed by atoms with Gasteiger partial charge < -0.3 is 15.7 Å². The monoisotopic (exact) mass is 202 g/mol. The number of aliphatic hydroxyl groups excluding tert-OH is 1. The zero-order valence-corrected chi connectivity index (χ0v) is 7.87. The molecule has 2 rings (SSSR count). The van der Waals surface area contributed by atoms with E-state index in [0.29, 0.717) is 25.9 Å². The Hall–Kier alpha value is -0.680. The van der Waals surface area contributed by atoms with E-state index in [9.17, 15) is 9.18 Å². The van der Waals surface area contributed by atoms with Crippen LogP contribution in [0.4, 0.5) is 4.39 Å². The van der Waals surface area contributed by atoms with Crippen molar-refractivity contribution >= 4 is 5.91 Å². The summed E-state index contributed by atoms with van der Waals surface area (Å²) in [5.41, 5.74) is 0. The third kappa shape index (κ3) is 1.88. The van der Waals surface area contributed by atoms with Crippen LogP contribution in [-0.4, -0.2) is 42.4 Å². The van der Waals surface area contributed by atoms with Gasteiger partial charge in [0.25, 0.3) is 5.91 Å². The molecule has 0 spiro atoms. The van der Waals surface area contributed by atoms with Gasteiger partial charge >= 0.3 is 0 Å². The highest BCUT2D eigenvalue weighted by Crippen LogP contribution is 2.20. The highest BCUT2D eigenvalue weighted by atomic mass is 19.1. The summed E-state index contributed by atoms with van der Waals surface area (Å²) in [6.45, 7) is 1.17. The van der Waals surface area contributed by atoms with Crippen molar-refractivity contribution in [2.75, 3.05) is 13.1 Å². The largest absolute Gasteiger partial charge is 0.393 e. The first-order valence-corrected chi connectivity index (χ1v) is 5.00. The SMILES string of the molecule is O=C(NC1CC(O)C1)C(F)C1CNC1. The van der Waals surface area contributed by atoms with Gasteiger partial charge in [-0.15, -0.1) is 0 Å². The first-order valence-electron chi connectivity index (χ1n) is 5.00. The number of carbonyl (C=O) groups excluding carboxylic acids is 1. The molecule has 0 aromatic carbocycles. The maximum Gasteiger partial charge on any atom is 0.255 e. The molecule has 5 heteroatoms. The van der Waals surface area contributed by atoms with Crippen molar-refractivity contribution in [3.63, 3.8) is 0 Å². The standard InChI is InChI=1S/C9H15FN2O2/c10-8(5-3-11-4-5)9(14)12-6-1-7(13)2-6/h5-8,11,13H,1-4H2,(H,12,14). The molecule has 1 amide bonds. The summed E-state index contributed by atoms with van der Waals surface area (Å²) in [5, 5.41) is 14.5. The predicted molar refractivity (Wildman–Crippen MR) is 48.4 cm³/mol. The Balaban J connectivity index is 1.71. The van der Waals surface area contributed by atoms with Gasteiger partial charge in [-0.25, -0.2) is 4.39 Å². The number of amides is 1. The summed E-state index contributed by atoms with van der Waals surface area (Å²) < 4.78 is 13.3. The molecule has 0 bridgehead atoms. The Morgan fingerprint density at radius 1 is 1.50 bits per heavy atom. The summed E-state index contributed by atoms with van der Waals surface area (Å²) in [6, 6.07) is -0.0243. The van der Waals surface area contributed by atoms with Gasteiger partial charge in [-0.2, -0.15) is 0 Å². The van der Waals surface area contributed by atoms with Crippen LogP contribution in [-0.2, 0) is 4.79 Å². The van der Waals surface area contributed by atoms with Crippen LogP contribution >= 0.6 is 0 Å². The van der Waals surface area contributed by atoms with E-state index < -0.39 is 12.1 Å². The second-order valence-corrected chi connectivity index (χ2v) is 4.15. The van der Waals surface area contributed by atoms with Crippen molar-refractivity contribution < 1.29 is 14.3 Å². The average Bonchev–Trinajstić information content (AvgIpc) is 1.98. The molecule has 2 fully saturated rings. The molecule has 0 aromatic heterocycles. The van der Waals surface area contributed by atoms with Crippen molar-refractivity contribution in [2.24, 2.45) is 5.92 Å². The Labute approximate surface area is 81.9 Å². The van der Waals surface area contributed by atoms with E-state index >= 15 is 0 Å².